The van der Waals surface area contributed by atoms with E-state index in [1.807, 2.05) is 34.9 Å². The summed E-state index contributed by atoms with van der Waals surface area (Å²) in [6.45, 7) is 7.62. The number of hydrogen-bond acceptors (Lipinski definition) is 3. The lowest BCUT2D eigenvalue weighted by Gasteiger charge is -2.11. The van der Waals surface area contributed by atoms with Gasteiger partial charge in [-0.3, -0.25) is 4.57 Å². The molecule has 0 atom stereocenters. The molecule has 3 rings (SSSR count). The summed E-state index contributed by atoms with van der Waals surface area (Å²) in [6, 6.07) is 15.8. The molecule has 0 fully saturated rings. The Bertz CT molecular complexity index is 1060. The number of nitriles is 2. The van der Waals surface area contributed by atoms with Crippen molar-refractivity contribution >= 4 is 12.2 Å². The fourth-order valence-electron chi connectivity index (χ4n) is 2.74. The van der Waals surface area contributed by atoms with Gasteiger partial charge in [-0.25, -0.2) is 9.37 Å². The van der Waals surface area contributed by atoms with E-state index in [1.165, 1.54) is 12.1 Å². The Kier molecular flexibility index (Phi) is 4.47. The van der Waals surface area contributed by atoms with Crippen LogP contribution in [0.4, 0.5) is 4.39 Å². The molecule has 3 aromatic rings. The fourth-order valence-corrected chi connectivity index (χ4v) is 2.74. The summed E-state index contributed by atoms with van der Waals surface area (Å²) in [5.41, 5.74) is 2.17. The average Bonchev–Trinajstić information content (AvgIpc) is 3.07. The third-order valence-electron chi connectivity index (χ3n) is 3.91. The molecule has 0 N–H and O–H groups in total. The highest BCUT2D eigenvalue weighted by Gasteiger charge is 2.19. The van der Waals surface area contributed by atoms with Crippen molar-refractivity contribution in [3.8, 4) is 29.2 Å². The quantitative estimate of drug-likeness (QED) is 0.691. The Balaban J connectivity index is 2.39. The Morgan fingerprint density at radius 1 is 1.00 bits per heavy atom. The van der Waals surface area contributed by atoms with Gasteiger partial charge in [0.05, 0.1) is 22.5 Å². The maximum absolute atomic E-state index is 14.1. The molecule has 0 radical (unpaired) electrons. The summed E-state index contributed by atoms with van der Waals surface area (Å²) >= 11 is 0. The summed E-state index contributed by atoms with van der Waals surface area (Å²) in [4.78, 5) is 4.56. The van der Waals surface area contributed by atoms with Crippen LogP contribution in [0.15, 0.2) is 55.6 Å². The molecule has 0 amide bonds. The Morgan fingerprint density at radius 2 is 1.62 bits per heavy atom. The van der Waals surface area contributed by atoms with Gasteiger partial charge < -0.3 is 0 Å². The van der Waals surface area contributed by atoms with Crippen molar-refractivity contribution in [2.24, 2.45) is 0 Å². The van der Waals surface area contributed by atoms with Gasteiger partial charge in [0.2, 0.25) is 0 Å². The molecule has 2 aromatic carbocycles. The maximum atomic E-state index is 14.1. The molecule has 1 heterocycles. The number of imidazole rings is 1. The van der Waals surface area contributed by atoms with E-state index in [1.54, 1.807) is 24.3 Å². The number of hydrogen-bond donors (Lipinski definition) is 0. The number of benzene rings is 2. The summed E-state index contributed by atoms with van der Waals surface area (Å²) in [5.74, 6) is -0.363. The third kappa shape index (κ3) is 2.68. The molecule has 0 bridgehead atoms. The van der Waals surface area contributed by atoms with Crippen molar-refractivity contribution in [1.82, 2.24) is 9.55 Å². The first-order chi connectivity index (χ1) is 12.6. The molecule has 0 aliphatic carbocycles. The molecular formula is C21H13FN4. The minimum Gasteiger partial charge on any atom is -0.292 e. The number of nitrogens with zero attached hydrogens (tertiary/aromatic N) is 4. The largest absolute Gasteiger partial charge is 0.292 e. The Labute approximate surface area is 150 Å². The van der Waals surface area contributed by atoms with Crippen molar-refractivity contribution in [3.05, 3.63) is 84.0 Å². The van der Waals surface area contributed by atoms with E-state index in [-0.39, 0.29) is 11.1 Å². The standard InChI is InChI=1S/C21H13FN4/c1-3-18-19(4-2)26(17-8-6-5-7-9-17)21(25-18)14-10-15(12-23)20(22)16(11-14)13-24/h3-11H,1-2H2. The van der Waals surface area contributed by atoms with Crippen LogP contribution in [-0.2, 0) is 0 Å². The van der Waals surface area contributed by atoms with Gasteiger partial charge in [0.25, 0.3) is 0 Å². The molecule has 0 aliphatic heterocycles. The van der Waals surface area contributed by atoms with Gasteiger partial charge in [0, 0.05) is 11.3 Å². The van der Waals surface area contributed by atoms with E-state index >= 15 is 0 Å². The lowest BCUT2D eigenvalue weighted by atomic mass is 10.1. The van der Waals surface area contributed by atoms with Gasteiger partial charge in [0.15, 0.2) is 5.82 Å². The van der Waals surface area contributed by atoms with Crippen molar-refractivity contribution in [2.45, 2.75) is 0 Å². The average molecular weight is 340 g/mol. The van der Waals surface area contributed by atoms with Crippen LogP contribution in [0.1, 0.15) is 22.5 Å². The second-order valence-corrected chi connectivity index (χ2v) is 5.39. The lowest BCUT2D eigenvalue weighted by Crippen LogP contribution is -2.01. The topological polar surface area (TPSA) is 65.4 Å². The van der Waals surface area contributed by atoms with Crippen LogP contribution in [0.25, 0.3) is 29.2 Å². The molecule has 124 valence electrons. The van der Waals surface area contributed by atoms with E-state index in [0.717, 1.165) is 5.69 Å². The predicted octanol–water partition coefficient (Wildman–Crippen LogP) is 4.71. The number of halogens is 1. The van der Waals surface area contributed by atoms with E-state index < -0.39 is 5.82 Å². The SMILES string of the molecule is C=Cc1nc(-c2cc(C#N)c(F)c(C#N)c2)n(-c2ccccc2)c1C=C. The van der Waals surface area contributed by atoms with Crippen LogP contribution < -0.4 is 0 Å². The first-order valence-corrected chi connectivity index (χ1v) is 7.71. The molecule has 0 spiro atoms. The fraction of sp³-hybridized carbons (Fsp3) is 0. The second-order valence-electron chi connectivity index (χ2n) is 5.39. The van der Waals surface area contributed by atoms with E-state index in [9.17, 15) is 14.9 Å². The lowest BCUT2D eigenvalue weighted by molar-refractivity contribution is 0.620. The highest BCUT2D eigenvalue weighted by Crippen LogP contribution is 2.30. The van der Waals surface area contributed by atoms with Crippen LogP contribution in [0.3, 0.4) is 0 Å². The zero-order chi connectivity index (χ0) is 18.7. The zero-order valence-electron chi connectivity index (χ0n) is 13.8. The highest BCUT2D eigenvalue weighted by molar-refractivity contribution is 5.71. The van der Waals surface area contributed by atoms with E-state index in [4.69, 9.17) is 0 Å². The highest BCUT2D eigenvalue weighted by atomic mass is 19.1. The van der Waals surface area contributed by atoms with Gasteiger partial charge in [-0.15, -0.1) is 0 Å². The van der Waals surface area contributed by atoms with Crippen LogP contribution in [0.2, 0.25) is 0 Å². The van der Waals surface area contributed by atoms with Gasteiger partial charge in [0.1, 0.15) is 18.0 Å². The van der Waals surface area contributed by atoms with Crippen molar-refractivity contribution in [1.29, 1.82) is 10.5 Å². The van der Waals surface area contributed by atoms with E-state index in [2.05, 4.69) is 18.1 Å². The molecule has 4 nitrogen and oxygen atoms in total. The van der Waals surface area contributed by atoms with Crippen molar-refractivity contribution < 1.29 is 4.39 Å². The molecule has 0 saturated heterocycles. The molecule has 0 saturated carbocycles. The van der Waals surface area contributed by atoms with Gasteiger partial charge in [-0.2, -0.15) is 10.5 Å². The Morgan fingerprint density at radius 3 is 2.12 bits per heavy atom. The summed E-state index contributed by atoms with van der Waals surface area (Å²) in [5, 5.41) is 18.4. The van der Waals surface area contributed by atoms with Crippen molar-refractivity contribution in [3.63, 3.8) is 0 Å². The third-order valence-corrected chi connectivity index (χ3v) is 3.91. The smallest absolute Gasteiger partial charge is 0.158 e. The Hall–Kier alpha value is -3.96. The van der Waals surface area contributed by atoms with Gasteiger partial charge >= 0.3 is 0 Å². The number of para-hydroxylation sites is 1. The number of rotatable bonds is 4. The second kappa shape index (κ2) is 6.88. The minimum atomic E-state index is -0.829. The molecule has 0 aliphatic rings. The minimum absolute atomic E-state index is 0.207. The normalized spacial score (nSPS) is 9.96. The molecule has 5 heteroatoms. The summed E-state index contributed by atoms with van der Waals surface area (Å²) in [6.07, 6.45) is 3.25. The molecule has 0 unspecified atom stereocenters. The maximum Gasteiger partial charge on any atom is 0.158 e. The molecular weight excluding hydrogens is 327 g/mol. The zero-order valence-corrected chi connectivity index (χ0v) is 13.8. The molecule has 1 aromatic heterocycles. The van der Waals surface area contributed by atoms with Gasteiger partial charge in [-0.05, 0) is 36.4 Å². The van der Waals surface area contributed by atoms with Crippen LogP contribution in [0, 0.1) is 28.5 Å². The monoisotopic (exact) mass is 340 g/mol. The van der Waals surface area contributed by atoms with Crippen LogP contribution >= 0.6 is 0 Å². The summed E-state index contributed by atoms with van der Waals surface area (Å²) in [7, 11) is 0. The molecule has 26 heavy (non-hydrogen) atoms. The van der Waals surface area contributed by atoms with Crippen molar-refractivity contribution in [2.75, 3.05) is 0 Å². The first-order valence-electron chi connectivity index (χ1n) is 7.71. The van der Waals surface area contributed by atoms with E-state index in [0.29, 0.717) is 22.8 Å². The predicted molar refractivity (Wildman–Crippen MR) is 98.6 cm³/mol. The summed E-state index contributed by atoms with van der Waals surface area (Å²) < 4.78 is 15.9. The van der Waals surface area contributed by atoms with Gasteiger partial charge in [-0.1, -0.05) is 31.4 Å². The van der Waals surface area contributed by atoms with Crippen LogP contribution in [-0.4, -0.2) is 9.55 Å². The first kappa shape index (κ1) is 16.9. The van der Waals surface area contributed by atoms with Crippen LogP contribution in [0.5, 0.6) is 0 Å². The number of aromatic nitrogens is 2.